The Morgan fingerprint density at radius 1 is 1.62 bits per heavy atom. The van der Waals surface area contributed by atoms with E-state index >= 15 is 0 Å². The van der Waals surface area contributed by atoms with Crippen molar-refractivity contribution < 1.29 is 4.74 Å². The number of nitrogens with zero attached hydrogens (tertiary/aromatic N) is 1. The van der Waals surface area contributed by atoms with Gasteiger partial charge < -0.3 is 4.74 Å². The van der Waals surface area contributed by atoms with Gasteiger partial charge in [-0.3, -0.25) is 4.90 Å². The molecule has 0 saturated carbocycles. The van der Waals surface area contributed by atoms with Crippen LogP contribution in [0.2, 0.25) is 0 Å². The van der Waals surface area contributed by atoms with Crippen LogP contribution in [0.5, 0.6) is 0 Å². The van der Waals surface area contributed by atoms with Gasteiger partial charge in [0.2, 0.25) is 0 Å². The summed E-state index contributed by atoms with van der Waals surface area (Å²) < 4.78 is 5.16. The van der Waals surface area contributed by atoms with Crippen molar-refractivity contribution in [1.82, 2.24) is 4.90 Å². The normalized spacial score (nSPS) is 29.2. The van der Waals surface area contributed by atoms with Crippen LogP contribution in [0.1, 0.15) is 26.7 Å². The fourth-order valence-corrected chi connectivity index (χ4v) is 2.01. The second-order valence-corrected chi connectivity index (χ2v) is 4.00. The minimum Gasteiger partial charge on any atom is -0.369 e. The van der Waals surface area contributed by atoms with E-state index in [1.54, 1.807) is 12.7 Å². The van der Waals surface area contributed by atoms with Gasteiger partial charge in [-0.1, -0.05) is 18.6 Å². The van der Waals surface area contributed by atoms with Crippen molar-refractivity contribution >= 4 is 0 Å². The van der Waals surface area contributed by atoms with Gasteiger partial charge in [0.25, 0.3) is 0 Å². The molecule has 2 heteroatoms. The molecule has 1 aliphatic rings. The molecule has 1 rings (SSSR count). The molecule has 1 aliphatic heterocycles. The predicted molar refractivity (Wildman–Crippen MR) is 55.6 cm³/mol. The van der Waals surface area contributed by atoms with Gasteiger partial charge in [-0.05, 0) is 25.7 Å². The lowest BCUT2D eigenvalue weighted by Gasteiger charge is -2.20. The van der Waals surface area contributed by atoms with Crippen molar-refractivity contribution in [1.29, 1.82) is 0 Å². The summed E-state index contributed by atoms with van der Waals surface area (Å²) in [6.07, 6.45) is 4.74. The molecule has 1 fully saturated rings. The highest BCUT2D eigenvalue weighted by Gasteiger charge is 2.16. The molecule has 0 unspecified atom stereocenters. The minimum atomic E-state index is 0.767. The van der Waals surface area contributed by atoms with Crippen molar-refractivity contribution in [2.45, 2.75) is 26.7 Å². The highest BCUT2D eigenvalue weighted by Crippen LogP contribution is 2.20. The molecule has 0 bridgehead atoms. The fraction of sp³-hybridized carbons (Fsp3) is 0.818. The summed E-state index contributed by atoms with van der Waals surface area (Å²) in [5, 5.41) is 0. The van der Waals surface area contributed by atoms with Gasteiger partial charge in [-0.15, -0.1) is 0 Å². The minimum absolute atomic E-state index is 0.767. The third-order valence-electron chi connectivity index (χ3n) is 2.65. The molecule has 1 heterocycles. The molecule has 1 saturated heterocycles. The Hall–Kier alpha value is -0.340. The predicted octanol–water partition coefficient (Wildman–Crippen LogP) is 2.27. The van der Waals surface area contributed by atoms with Gasteiger partial charge in [-0.2, -0.15) is 0 Å². The molecule has 13 heavy (non-hydrogen) atoms. The topological polar surface area (TPSA) is 12.5 Å². The zero-order valence-electron chi connectivity index (χ0n) is 9.05. The van der Waals surface area contributed by atoms with Crippen LogP contribution in [-0.2, 0) is 4.74 Å². The quantitative estimate of drug-likeness (QED) is 0.609. The molecule has 2 nitrogen and oxygen atoms in total. The third-order valence-corrected chi connectivity index (χ3v) is 2.65. The Labute approximate surface area is 81.6 Å². The zero-order chi connectivity index (χ0) is 9.68. The summed E-state index contributed by atoms with van der Waals surface area (Å²) in [4.78, 5) is 2.39. The number of likely N-dealkylation sites (tertiary alicyclic amines) is 1. The molecule has 0 aliphatic carbocycles. The SMILES string of the molecule is C/C=C1/CCN(COC)C[C@@H](C)C1. The lowest BCUT2D eigenvalue weighted by atomic mass is 10.0. The first-order valence-corrected chi connectivity index (χ1v) is 5.11. The summed E-state index contributed by atoms with van der Waals surface area (Å²) in [5.41, 5.74) is 1.60. The molecule has 0 aromatic rings. The maximum absolute atomic E-state index is 5.16. The van der Waals surface area contributed by atoms with Gasteiger partial charge in [0.15, 0.2) is 0 Å². The molecule has 76 valence electrons. The van der Waals surface area contributed by atoms with Crippen LogP contribution in [0, 0.1) is 5.92 Å². The Morgan fingerprint density at radius 3 is 3.00 bits per heavy atom. The average molecular weight is 183 g/mol. The van der Waals surface area contributed by atoms with E-state index in [9.17, 15) is 0 Å². The van der Waals surface area contributed by atoms with E-state index in [1.165, 1.54) is 19.4 Å². The van der Waals surface area contributed by atoms with Crippen molar-refractivity contribution in [3.8, 4) is 0 Å². The Balaban J connectivity index is 2.47. The van der Waals surface area contributed by atoms with Gasteiger partial charge in [-0.25, -0.2) is 0 Å². The first-order valence-electron chi connectivity index (χ1n) is 5.11. The van der Waals surface area contributed by atoms with Crippen LogP contribution in [0.3, 0.4) is 0 Å². The van der Waals surface area contributed by atoms with E-state index in [2.05, 4.69) is 24.8 Å². The van der Waals surface area contributed by atoms with E-state index in [0.717, 1.165) is 19.2 Å². The second kappa shape index (κ2) is 5.40. The van der Waals surface area contributed by atoms with E-state index < -0.39 is 0 Å². The van der Waals surface area contributed by atoms with Gasteiger partial charge in [0.1, 0.15) is 0 Å². The molecule has 0 spiro atoms. The number of hydrogen-bond donors (Lipinski definition) is 0. The number of hydrogen-bond acceptors (Lipinski definition) is 2. The van der Waals surface area contributed by atoms with E-state index in [-0.39, 0.29) is 0 Å². The Kier molecular flexibility index (Phi) is 4.46. The Bertz CT molecular complexity index is 177. The lowest BCUT2D eigenvalue weighted by Crippen LogP contribution is -2.29. The van der Waals surface area contributed by atoms with E-state index in [0.29, 0.717) is 0 Å². The number of allylic oxidation sites excluding steroid dienone is 1. The molecular formula is C11H21NO. The summed E-state index contributed by atoms with van der Waals surface area (Å²) in [6, 6.07) is 0. The van der Waals surface area contributed by atoms with Crippen LogP contribution < -0.4 is 0 Å². The standard InChI is InChI=1S/C11H21NO/c1-4-11-5-6-12(9-13-3)8-10(2)7-11/h4,10H,5-9H2,1-3H3/b11-4-/t10-/m0/s1. The first-order chi connectivity index (χ1) is 6.26. The highest BCUT2D eigenvalue weighted by molar-refractivity contribution is 5.03. The van der Waals surface area contributed by atoms with Crippen LogP contribution in [-0.4, -0.2) is 31.8 Å². The van der Waals surface area contributed by atoms with Crippen molar-refractivity contribution in [2.24, 2.45) is 5.92 Å². The van der Waals surface area contributed by atoms with Crippen LogP contribution in [0.15, 0.2) is 11.6 Å². The van der Waals surface area contributed by atoms with Gasteiger partial charge >= 0.3 is 0 Å². The molecular weight excluding hydrogens is 162 g/mol. The molecule has 0 aromatic carbocycles. The monoisotopic (exact) mass is 183 g/mol. The fourth-order valence-electron chi connectivity index (χ4n) is 2.01. The molecule has 0 aromatic heterocycles. The second-order valence-electron chi connectivity index (χ2n) is 4.00. The zero-order valence-corrected chi connectivity index (χ0v) is 9.05. The van der Waals surface area contributed by atoms with Crippen molar-refractivity contribution in [2.75, 3.05) is 26.9 Å². The summed E-state index contributed by atoms with van der Waals surface area (Å²) in [5.74, 6) is 0.767. The van der Waals surface area contributed by atoms with Gasteiger partial charge in [0, 0.05) is 20.2 Å². The molecule has 0 N–H and O–H groups in total. The maximum atomic E-state index is 5.16. The average Bonchev–Trinajstić information content (AvgIpc) is 2.28. The lowest BCUT2D eigenvalue weighted by molar-refractivity contribution is 0.0590. The smallest absolute Gasteiger partial charge is 0.0986 e. The Morgan fingerprint density at radius 2 is 2.38 bits per heavy atom. The maximum Gasteiger partial charge on any atom is 0.0986 e. The highest BCUT2D eigenvalue weighted by atomic mass is 16.5. The number of methoxy groups -OCH3 is 1. The van der Waals surface area contributed by atoms with Gasteiger partial charge in [0.05, 0.1) is 6.73 Å². The molecule has 1 atom stereocenters. The van der Waals surface area contributed by atoms with Crippen LogP contribution in [0.4, 0.5) is 0 Å². The third kappa shape index (κ3) is 3.49. The first kappa shape index (κ1) is 10.7. The summed E-state index contributed by atoms with van der Waals surface area (Å²) in [6.45, 7) is 7.57. The molecule has 0 amide bonds. The summed E-state index contributed by atoms with van der Waals surface area (Å²) in [7, 11) is 1.77. The number of rotatable bonds is 2. The van der Waals surface area contributed by atoms with Crippen molar-refractivity contribution in [3.05, 3.63) is 11.6 Å². The largest absolute Gasteiger partial charge is 0.369 e. The molecule has 0 radical (unpaired) electrons. The summed E-state index contributed by atoms with van der Waals surface area (Å²) >= 11 is 0. The van der Waals surface area contributed by atoms with Crippen molar-refractivity contribution in [3.63, 3.8) is 0 Å². The number of ether oxygens (including phenoxy) is 1. The van der Waals surface area contributed by atoms with E-state index in [4.69, 9.17) is 4.74 Å². The van der Waals surface area contributed by atoms with E-state index in [1.807, 2.05) is 0 Å². The van der Waals surface area contributed by atoms with Crippen LogP contribution >= 0.6 is 0 Å². The van der Waals surface area contributed by atoms with Crippen LogP contribution in [0.25, 0.3) is 0 Å².